The molecule has 0 amide bonds. The van der Waals surface area contributed by atoms with E-state index >= 15 is 0 Å². The van der Waals surface area contributed by atoms with Gasteiger partial charge in [0.25, 0.3) is 0 Å². The Morgan fingerprint density at radius 3 is 1.56 bits per heavy atom. The van der Waals surface area contributed by atoms with E-state index in [2.05, 4.69) is 36.3 Å². The van der Waals surface area contributed by atoms with Crippen molar-refractivity contribution in [3.8, 4) is 0 Å². The van der Waals surface area contributed by atoms with Crippen LogP contribution in [0.15, 0.2) is 0 Å². The molecule has 0 spiro atoms. The zero-order valence-electron chi connectivity index (χ0n) is 17.6. The maximum atomic E-state index is 8.81. The number of aliphatic hydroxyl groups excluding tert-OH is 1. The van der Waals surface area contributed by atoms with Crippen molar-refractivity contribution in [3.63, 3.8) is 0 Å². The molecule has 0 fully saturated rings. The van der Waals surface area contributed by atoms with E-state index in [1.807, 2.05) is 0 Å². The van der Waals surface area contributed by atoms with Crippen LogP contribution in [-0.2, 0) is 0 Å². The van der Waals surface area contributed by atoms with Crippen LogP contribution < -0.4 is 0 Å². The van der Waals surface area contributed by atoms with E-state index < -0.39 is 5.96 Å². The summed E-state index contributed by atoms with van der Waals surface area (Å²) in [4.78, 5) is 0. The molecule has 0 heterocycles. The quantitative estimate of drug-likeness (QED) is 0.158. The van der Waals surface area contributed by atoms with Gasteiger partial charge in [0, 0.05) is 6.61 Å². The molecule has 0 aromatic heterocycles. The molecule has 0 rings (SSSR count). The van der Waals surface area contributed by atoms with E-state index in [1.54, 1.807) is 0 Å². The fourth-order valence-electron chi connectivity index (χ4n) is 3.81. The largest absolute Gasteiger partial charge is 0.396 e. The van der Waals surface area contributed by atoms with Gasteiger partial charge in [-0.3, -0.25) is 0 Å². The molecule has 3 heteroatoms. The maximum Gasteiger partial charge on any atom is 0.139 e. The summed E-state index contributed by atoms with van der Waals surface area (Å²) in [6.07, 6.45) is 23.2. The first kappa shape index (κ1) is 25.9. The average molecular weight is 438 g/mol. The summed E-state index contributed by atoms with van der Waals surface area (Å²) in [6.45, 7) is 7.42. The van der Waals surface area contributed by atoms with Gasteiger partial charge in [-0.2, -0.15) is 0 Å². The Bertz CT molecular complexity index is 265. The monoisotopic (exact) mass is 437 g/mol. The minimum Gasteiger partial charge on any atom is -0.396 e. The van der Waals surface area contributed by atoms with Gasteiger partial charge in [-0.05, 0) is 38.5 Å². The van der Waals surface area contributed by atoms with Crippen LogP contribution >= 0.6 is 21.5 Å². The number of aliphatic hydroxyl groups is 1. The lowest BCUT2D eigenvalue weighted by Crippen LogP contribution is -2.16. The van der Waals surface area contributed by atoms with E-state index in [9.17, 15) is 0 Å². The fourth-order valence-corrected chi connectivity index (χ4v) is 10.5. The van der Waals surface area contributed by atoms with Gasteiger partial charge in [0.1, 0.15) is 15.5 Å². The Hall–Kier alpha value is 0.870. The van der Waals surface area contributed by atoms with Gasteiger partial charge < -0.3 is 5.11 Å². The predicted octanol–water partition coefficient (Wildman–Crippen LogP) is 8.59. The van der Waals surface area contributed by atoms with Gasteiger partial charge in [-0.25, -0.2) is 0 Å². The third-order valence-electron chi connectivity index (χ3n) is 5.49. The van der Waals surface area contributed by atoms with Crippen LogP contribution in [0, 0.1) is 0 Å². The van der Waals surface area contributed by atoms with Crippen molar-refractivity contribution >= 4 is 21.5 Å². The van der Waals surface area contributed by atoms with Gasteiger partial charge in [0.2, 0.25) is 0 Å². The SMILES string of the molecule is CCCC[P+](Br)(CCCC)C(CCC)CCCCCCCCCCO. The number of hydrogen-bond donors (Lipinski definition) is 1. The first-order valence-corrected chi connectivity index (χ1v) is 15.6. The Labute approximate surface area is 168 Å². The van der Waals surface area contributed by atoms with Gasteiger partial charge >= 0.3 is 0 Å². The highest BCUT2D eigenvalue weighted by Gasteiger charge is 2.41. The Morgan fingerprint density at radius 2 is 1.12 bits per heavy atom. The smallest absolute Gasteiger partial charge is 0.139 e. The molecule has 1 nitrogen and oxygen atoms in total. The Balaban J connectivity index is 4.17. The van der Waals surface area contributed by atoms with Gasteiger partial charge in [-0.15, -0.1) is 0 Å². The summed E-state index contributed by atoms with van der Waals surface area (Å²) in [7, 11) is 0. The molecule has 0 radical (unpaired) electrons. The van der Waals surface area contributed by atoms with E-state index in [1.165, 1.54) is 102 Å². The molecule has 0 aliphatic heterocycles. The second-order valence-electron chi connectivity index (χ2n) is 7.86. The molecule has 0 bridgehead atoms. The van der Waals surface area contributed by atoms with Crippen molar-refractivity contribution < 1.29 is 5.11 Å². The fraction of sp³-hybridized carbons (Fsp3) is 1.00. The summed E-state index contributed by atoms with van der Waals surface area (Å²) in [5.41, 5.74) is 0.972. The molecular formula is C22H47BrOP+. The molecular weight excluding hydrogens is 391 g/mol. The van der Waals surface area contributed by atoms with Crippen LogP contribution in [0.4, 0.5) is 0 Å². The lowest BCUT2D eigenvalue weighted by molar-refractivity contribution is 0.282. The minimum atomic E-state index is -0.914. The van der Waals surface area contributed by atoms with Crippen molar-refractivity contribution in [2.45, 2.75) is 123 Å². The molecule has 1 N–H and O–H groups in total. The Kier molecular flexibility index (Phi) is 18.9. The van der Waals surface area contributed by atoms with Crippen molar-refractivity contribution in [2.75, 3.05) is 18.9 Å². The topological polar surface area (TPSA) is 20.2 Å². The van der Waals surface area contributed by atoms with Crippen molar-refractivity contribution in [1.82, 2.24) is 0 Å². The van der Waals surface area contributed by atoms with Crippen LogP contribution in [0.3, 0.4) is 0 Å². The second-order valence-corrected chi connectivity index (χ2v) is 15.6. The standard InChI is InChI=1S/C22H47BrOP/c1-4-7-20-25(23,21-8-5-2)22(17-6-3)18-15-13-11-9-10-12-14-16-19-24/h22,24H,4-21H2,1-3H3/q+1. The molecule has 0 aliphatic rings. The lowest BCUT2D eigenvalue weighted by atomic mass is 10.1. The average Bonchev–Trinajstić information content (AvgIpc) is 2.62. The first-order valence-electron chi connectivity index (χ1n) is 11.3. The molecule has 25 heavy (non-hydrogen) atoms. The second kappa shape index (κ2) is 18.2. The van der Waals surface area contributed by atoms with E-state index in [-0.39, 0.29) is 0 Å². The summed E-state index contributed by atoms with van der Waals surface area (Å²) >= 11 is 4.36. The highest BCUT2D eigenvalue weighted by atomic mass is 79.9. The van der Waals surface area contributed by atoms with Crippen molar-refractivity contribution in [1.29, 1.82) is 0 Å². The molecule has 0 aliphatic carbocycles. The summed E-state index contributed by atoms with van der Waals surface area (Å²) in [6, 6.07) is 0. The van der Waals surface area contributed by atoms with Crippen LogP contribution in [0.2, 0.25) is 0 Å². The van der Waals surface area contributed by atoms with Crippen LogP contribution in [0.25, 0.3) is 0 Å². The highest BCUT2D eigenvalue weighted by molar-refractivity contribution is 9.42. The zero-order valence-corrected chi connectivity index (χ0v) is 20.1. The van der Waals surface area contributed by atoms with E-state index in [4.69, 9.17) is 5.11 Å². The zero-order chi connectivity index (χ0) is 18.8. The number of halogens is 1. The summed E-state index contributed by atoms with van der Waals surface area (Å²) in [5, 5.41) is 8.81. The van der Waals surface area contributed by atoms with Gasteiger partial charge in [-0.1, -0.05) is 78.6 Å². The number of hydrogen-bond acceptors (Lipinski definition) is 1. The minimum absolute atomic E-state index is 0.367. The molecule has 0 aromatic carbocycles. The summed E-state index contributed by atoms with van der Waals surface area (Å²) < 4.78 is 0. The molecule has 1 atom stereocenters. The Morgan fingerprint density at radius 1 is 0.640 bits per heavy atom. The van der Waals surface area contributed by atoms with Crippen LogP contribution in [-0.4, -0.2) is 29.7 Å². The van der Waals surface area contributed by atoms with E-state index in [0.29, 0.717) is 6.61 Å². The summed E-state index contributed by atoms with van der Waals surface area (Å²) in [5.74, 6) is -0.914. The first-order chi connectivity index (χ1) is 12.1. The molecule has 0 aromatic rings. The van der Waals surface area contributed by atoms with Gasteiger partial charge in [0.05, 0.1) is 23.9 Å². The molecule has 0 saturated carbocycles. The highest BCUT2D eigenvalue weighted by Crippen LogP contribution is 2.72. The third kappa shape index (κ3) is 13.7. The maximum absolute atomic E-state index is 8.81. The van der Waals surface area contributed by atoms with Crippen molar-refractivity contribution in [3.05, 3.63) is 0 Å². The van der Waals surface area contributed by atoms with E-state index in [0.717, 1.165) is 12.1 Å². The molecule has 152 valence electrons. The van der Waals surface area contributed by atoms with Crippen molar-refractivity contribution in [2.24, 2.45) is 0 Å². The van der Waals surface area contributed by atoms with Gasteiger partial charge in [0.15, 0.2) is 0 Å². The third-order valence-corrected chi connectivity index (χ3v) is 13.3. The van der Waals surface area contributed by atoms with Crippen LogP contribution in [0.1, 0.15) is 117 Å². The normalized spacial score (nSPS) is 13.3. The molecule has 0 saturated heterocycles. The predicted molar refractivity (Wildman–Crippen MR) is 123 cm³/mol. The van der Waals surface area contributed by atoms with Crippen LogP contribution in [0.5, 0.6) is 0 Å². The number of unbranched alkanes of at least 4 members (excludes halogenated alkanes) is 9. The molecule has 1 unspecified atom stereocenters. The number of rotatable bonds is 19. The lowest BCUT2D eigenvalue weighted by Gasteiger charge is -2.29.